The van der Waals surface area contributed by atoms with E-state index in [1.165, 1.54) is 23.8 Å². The highest BCUT2D eigenvalue weighted by molar-refractivity contribution is 6.33. The van der Waals surface area contributed by atoms with Gasteiger partial charge in [-0.3, -0.25) is 14.6 Å². The Balaban J connectivity index is 0.998. The zero-order valence-electron chi connectivity index (χ0n) is 29.3. The number of para-hydroxylation sites is 1. The van der Waals surface area contributed by atoms with Gasteiger partial charge in [-0.2, -0.15) is 13.2 Å². The van der Waals surface area contributed by atoms with E-state index in [0.29, 0.717) is 58.0 Å². The normalized spacial score (nSPS) is 22.1. The van der Waals surface area contributed by atoms with Crippen molar-refractivity contribution in [3.63, 3.8) is 0 Å². The van der Waals surface area contributed by atoms with Gasteiger partial charge in [0, 0.05) is 89.1 Å². The Bertz CT molecular complexity index is 1640. The molecule has 0 spiro atoms. The maximum atomic E-state index is 14.1. The van der Waals surface area contributed by atoms with Gasteiger partial charge in [0.25, 0.3) is 5.91 Å². The number of carbonyl (C=O) groups is 3. The minimum Gasteiger partial charge on any atom is -0.436 e. The number of benzene rings is 2. The monoisotopic (exact) mass is 745 g/mol. The summed E-state index contributed by atoms with van der Waals surface area (Å²) in [5.41, 5.74) is 5.93. The molecule has 4 amide bonds. The summed E-state index contributed by atoms with van der Waals surface area (Å²) >= 11 is 6.13. The number of likely N-dealkylation sites (tertiary alicyclic amines) is 2. The maximum Gasteiger partial charge on any atom is 0.418 e. The molecule has 2 aromatic rings. The number of anilines is 2. The second-order valence-corrected chi connectivity index (χ2v) is 15.1. The number of nitrogens with one attached hydrogen (secondary N) is 1. The van der Waals surface area contributed by atoms with Gasteiger partial charge in [-0.15, -0.1) is 0 Å². The first kappa shape index (κ1) is 36.6. The molecule has 4 aliphatic heterocycles. The Morgan fingerprint density at radius 2 is 1.44 bits per heavy atom. The SMILES string of the molecule is Nc1c(Cl)cc(CC(OC(=O)N2CCC(N3CCc4ccccc4NC3=O)CC2)C(=O)N2CCC(N3CCN(C4CC4)CC3)CC2)cc1C(F)(F)F. The first-order valence-corrected chi connectivity index (χ1v) is 18.9. The Morgan fingerprint density at radius 3 is 2.08 bits per heavy atom. The summed E-state index contributed by atoms with van der Waals surface area (Å²) in [5.74, 6) is -0.442. The molecular formula is C37H47ClF3N7O4. The number of fused-ring (bicyclic) bond motifs is 1. The van der Waals surface area contributed by atoms with Crippen molar-refractivity contribution in [1.82, 2.24) is 24.5 Å². The Hall–Kier alpha value is -3.75. The van der Waals surface area contributed by atoms with E-state index >= 15 is 0 Å². The van der Waals surface area contributed by atoms with Crippen molar-refractivity contribution < 1.29 is 32.3 Å². The number of piperidine rings is 2. The molecule has 5 aliphatic rings. The van der Waals surface area contributed by atoms with Gasteiger partial charge in [-0.1, -0.05) is 29.8 Å². The predicted molar refractivity (Wildman–Crippen MR) is 191 cm³/mol. The van der Waals surface area contributed by atoms with Crippen molar-refractivity contribution in [2.75, 3.05) is 70.0 Å². The molecular weight excluding hydrogens is 699 g/mol. The fraction of sp³-hybridized carbons (Fsp3) is 0.595. The Labute approximate surface area is 307 Å². The molecule has 1 aliphatic carbocycles. The average molecular weight is 746 g/mol. The van der Waals surface area contributed by atoms with E-state index in [2.05, 4.69) is 15.1 Å². The molecule has 1 unspecified atom stereocenters. The number of nitrogen functional groups attached to an aromatic ring is 1. The van der Waals surface area contributed by atoms with Crippen LogP contribution in [0.3, 0.4) is 0 Å². The van der Waals surface area contributed by atoms with E-state index < -0.39 is 35.5 Å². The van der Waals surface area contributed by atoms with Crippen LogP contribution in [0.5, 0.6) is 0 Å². The lowest BCUT2D eigenvalue weighted by Crippen LogP contribution is -2.55. The molecule has 0 aromatic heterocycles. The van der Waals surface area contributed by atoms with E-state index in [0.717, 1.165) is 62.4 Å². The van der Waals surface area contributed by atoms with Crippen LogP contribution in [0, 0.1) is 0 Å². The van der Waals surface area contributed by atoms with E-state index in [4.69, 9.17) is 22.1 Å². The zero-order chi connectivity index (χ0) is 36.6. The molecule has 4 fully saturated rings. The third-order valence-electron chi connectivity index (χ3n) is 11.4. The van der Waals surface area contributed by atoms with Crippen LogP contribution in [-0.4, -0.2) is 126 Å². The van der Waals surface area contributed by atoms with Gasteiger partial charge in [0.05, 0.1) is 16.3 Å². The van der Waals surface area contributed by atoms with Gasteiger partial charge < -0.3 is 30.5 Å². The van der Waals surface area contributed by atoms with Crippen molar-refractivity contribution in [2.24, 2.45) is 0 Å². The van der Waals surface area contributed by atoms with Crippen molar-refractivity contribution in [3.05, 3.63) is 58.1 Å². The summed E-state index contributed by atoms with van der Waals surface area (Å²) in [6.45, 7) is 6.19. The van der Waals surface area contributed by atoms with Crippen LogP contribution in [0.4, 0.5) is 34.1 Å². The number of hydrogen-bond acceptors (Lipinski definition) is 7. The summed E-state index contributed by atoms with van der Waals surface area (Å²) in [7, 11) is 0. The van der Waals surface area contributed by atoms with Crippen molar-refractivity contribution >= 4 is 41.0 Å². The average Bonchev–Trinajstić information content (AvgIpc) is 4.00. The van der Waals surface area contributed by atoms with E-state index in [1.54, 1.807) is 4.90 Å². The van der Waals surface area contributed by atoms with Crippen LogP contribution in [0.15, 0.2) is 36.4 Å². The fourth-order valence-electron chi connectivity index (χ4n) is 8.28. The Kier molecular flexibility index (Phi) is 10.8. The lowest BCUT2D eigenvalue weighted by molar-refractivity contribution is -0.142. The van der Waals surface area contributed by atoms with Crippen molar-refractivity contribution in [1.29, 1.82) is 0 Å². The molecule has 0 radical (unpaired) electrons. The molecule has 3 saturated heterocycles. The van der Waals surface area contributed by atoms with Gasteiger partial charge in [0.15, 0.2) is 6.10 Å². The molecule has 11 nitrogen and oxygen atoms in total. The number of urea groups is 1. The molecule has 1 atom stereocenters. The number of ether oxygens (including phenoxy) is 1. The highest BCUT2D eigenvalue weighted by Gasteiger charge is 2.39. The third kappa shape index (κ3) is 8.23. The van der Waals surface area contributed by atoms with Crippen molar-refractivity contribution in [3.8, 4) is 0 Å². The van der Waals surface area contributed by atoms with Gasteiger partial charge in [-0.05, 0) is 74.3 Å². The van der Waals surface area contributed by atoms with Crippen LogP contribution in [0.2, 0.25) is 5.02 Å². The molecule has 1 saturated carbocycles. The lowest BCUT2D eigenvalue weighted by Gasteiger charge is -2.43. The summed E-state index contributed by atoms with van der Waals surface area (Å²) < 4.78 is 47.4. The number of alkyl halides is 3. The molecule has 52 heavy (non-hydrogen) atoms. The quantitative estimate of drug-likeness (QED) is 0.370. The van der Waals surface area contributed by atoms with E-state index in [1.807, 2.05) is 29.2 Å². The lowest BCUT2D eigenvalue weighted by atomic mass is 9.99. The first-order chi connectivity index (χ1) is 24.9. The standard InChI is InChI=1S/C37H47ClF3N7O4/c38-30-22-24(21-29(33(30)42)37(39,40)41)23-32(34(49)46-12-8-27(9-13-46)45-19-17-44(18-20-45)26-5-6-26)52-36(51)47-14-10-28(11-15-47)48-16-7-25-3-1-2-4-31(25)43-35(48)50/h1-4,21-22,26-28,32H,5-20,23,42H2,(H,43,50). The zero-order valence-corrected chi connectivity index (χ0v) is 30.0. The number of piperazine rings is 1. The summed E-state index contributed by atoms with van der Waals surface area (Å²) in [4.78, 5) is 50.8. The number of amides is 4. The van der Waals surface area contributed by atoms with E-state index in [9.17, 15) is 27.6 Å². The highest BCUT2D eigenvalue weighted by Crippen LogP contribution is 2.38. The highest BCUT2D eigenvalue weighted by atomic mass is 35.5. The van der Waals surface area contributed by atoms with Gasteiger partial charge in [0.2, 0.25) is 0 Å². The number of halogens is 4. The maximum absolute atomic E-state index is 14.1. The van der Waals surface area contributed by atoms with Crippen LogP contribution in [-0.2, 0) is 28.5 Å². The number of carbonyl (C=O) groups excluding carboxylic acids is 3. The van der Waals surface area contributed by atoms with E-state index in [-0.39, 0.29) is 29.1 Å². The predicted octanol–water partition coefficient (Wildman–Crippen LogP) is 5.31. The summed E-state index contributed by atoms with van der Waals surface area (Å²) in [5, 5.41) is 2.71. The molecule has 0 bridgehead atoms. The number of nitrogens with two attached hydrogens (primary N) is 1. The second kappa shape index (κ2) is 15.3. The Morgan fingerprint density at radius 1 is 0.846 bits per heavy atom. The summed E-state index contributed by atoms with van der Waals surface area (Å²) in [6, 6.07) is 10.7. The molecule has 282 valence electrons. The molecule has 2 aromatic carbocycles. The molecule has 7 rings (SSSR count). The minimum absolute atomic E-state index is 0.0907. The van der Waals surface area contributed by atoms with Crippen LogP contribution in [0.1, 0.15) is 55.2 Å². The summed E-state index contributed by atoms with van der Waals surface area (Å²) in [6.07, 6.45) is -1.27. The third-order valence-corrected chi connectivity index (χ3v) is 11.8. The minimum atomic E-state index is -4.76. The topological polar surface area (TPSA) is 115 Å². The molecule has 4 heterocycles. The second-order valence-electron chi connectivity index (χ2n) is 14.7. The molecule has 3 N–H and O–H groups in total. The number of nitrogens with zero attached hydrogens (tertiary/aromatic N) is 5. The van der Waals surface area contributed by atoms with Crippen LogP contribution in [0.25, 0.3) is 0 Å². The smallest absolute Gasteiger partial charge is 0.418 e. The van der Waals surface area contributed by atoms with Crippen molar-refractivity contribution in [2.45, 2.75) is 81.8 Å². The number of rotatable bonds is 7. The van der Waals surface area contributed by atoms with Gasteiger partial charge in [0.1, 0.15) is 0 Å². The van der Waals surface area contributed by atoms with Gasteiger partial charge in [-0.25, -0.2) is 9.59 Å². The number of hydrogen-bond donors (Lipinski definition) is 2. The first-order valence-electron chi connectivity index (χ1n) is 18.5. The molecule has 15 heteroatoms. The van der Waals surface area contributed by atoms with Crippen LogP contribution < -0.4 is 11.1 Å². The fourth-order valence-corrected chi connectivity index (χ4v) is 8.52. The largest absolute Gasteiger partial charge is 0.436 e. The van der Waals surface area contributed by atoms with Crippen LogP contribution >= 0.6 is 11.6 Å². The van der Waals surface area contributed by atoms with Gasteiger partial charge >= 0.3 is 18.3 Å².